The third kappa shape index (κ3) is 1.81. The zero-order valence-corrected chi connectivity index (χ0v) is 11.4. The summed E-state index contributed by atoms with van der Waals surface area (Å²) in [5, 5.41) is 0. The van der Waals surface area contributed by atoms with Crippen molar-refractivity contribution in [2.75, 3.05) is 6.61 Å². The highest BCUT2D eigenvalue weighted by molar-refractivity contribution is 9.10. The smallest absolute Gasteiger partial charge is 0.127 e. The van der Waals surface area contributed by atoms with Crippen molar-refractivity contribution in [3.8, 4) is 5.75 Å². The lowest BCUT2D eigenvalue weighted by molar-refractivity contribution is -0.0569. The highest BCUT2D eigenvalue weighted by Crippen LogP contribution is 2.44. The Morgan fingerprint density at radius 1 is 1.41 bits per heavy atom. The van der Waals surface area contributed by atoms with Crippen LogP contribution in [-0.4, -0.2) is 18.8 Å². The zero-order chi connectivity index (χ0) is 12.0. The fraction of sp³-hybridized carbons (Fsp3) is 0.429. The van der Waals surface area contributed by atoms with E-state index in [0.29, 0.717) is 0 Å². The summed E-state index contributed by atoms with van der Waals surface area (Å²) in [7, 11) is 0. The van der Waals surface area contributed by atoms with Crippen LogP contribution < -0.4 is 4.74 Å². The molecule has 17 heavy (non-hydrogen) atoms. The fourth-order valence-corrected chi connectivity index (χ4v) is 3.16. The van der Waals surface area contributed by atoms with E-state index in [2.05, 4.69) is 35.5 Å². The van der Waals surface area contributed by atoms with Crippen LogP contribution in [0.4, 0.5) is 0 Å². The average molecular weight is 295 g/mol. The minimum Gasteiger partial charge on any atom is -0.489 e. The third-order valence-corrected chi connectivity index (χ3v) is 4.15. The molecule has 0 unspecified atom stereocenters. The monoisotopic (exact) mass is 294 g/mol. The first-order valence-corrected chi connectivity index (χ1v) is 6.73. The van der Waals surface area contributed by atoms with Crippen LogP contribution in [0.25, 0.3) is 5.57 Å². The number of ether oxygens (including phenoxy) is 2. The Balaban J connectivity index is 2.04. The van der Waals surface area contributed by atoms with Gasteiger partial charge in [-0.15, -0.1) is 0 Å². The molecular weight excluding hydrogens is 280 g/mol. The Morgan fingerprint density at radius 2 is 2.24 bits per heavy atom. The van der Waals surface area contributed by atoms with E-state index < -0.39 is 0 Å². The largest absolute Gasteiger partial charge is 0.489 e. The van der Waals surface area contributed by atoms with Crippen LogP contribution in [0.3, 0.4) is 0 Å². The third-order valence-electron chi connectivity index (χ3n) is 3.66. The molecule has 90 valence electrons. The maximum absolute atomic E-state index is 6.07. The molecule has 0 aliphatic carbocycles. The van der Waals surface area contributed by atoms with Crippen molar-refractivity contribution in [3.63, 3.8) is 0 Å². The van der Waals surface area contributed by atoms with Gasteiger partial charge in [0.25, 0.3) is 0 Å². The van der Waals surface area contributed by atoms with Gasteiger partial charge in [0.2, 0.25) is 0 Å². The van der Waals surface area contributed by atoms with Gasteiger partial charge in [-0.2, -0.15) is 0 Å². The van der Waals surface area contributed by atoms with Crippen molar-refractivity contribution in [3.05, 3.63) is 34.8 Å². The standard InChI is InChI=1S/C14H15BrO2/c1-8-11-7-10(15)3-4-12(11)17-13-5-6-16-9(2)14(8)13/h3-4,7,9,13-14H,1,5-6H2,2H3/t9-,13-,14-/m1/s1. The lowest BCUT2D eigenvalue weighted by Gasteiger charge is -2.41. The van der Waals surface area contributed by atoms with E-state index >= 15 is 0 Å². The molecule has 2 aliphatic rings. The van der Waals surface area contributed by atoms with Crippen molar-refractivity contribution in [1.29, 1.82) is 0 Å². The average Bonchev–Trinajstić information content (AvgIpc) is 2.30. The van der Waals surface area contributed by atoms with Crippen LogP contribution in [-0.2, 0) is 4.74 Å². The van der Waals surface area contributed by atoms with Gasteiger partial charge < -0.3 is 9.47 Å². The molecule has 1 aromatic rings. The normalized spacial score (nSPS) is 31.4. The van der Waals surface area contributed by atoms with E-state index in [9.17, 15) is 0 Å². The van der Waals surface area contributed by atoms with Crippen molar-refractivity contribution < 1.29 is 9.47 Å². The quantitative estimate of drug-likeness (QED) is 0.727. The van der Waals surface area contributed by atoms with Crippen LogP contribution in [0.5, 0.6) is 5.75 Å². The summed E-state index contributed by atoms with van der Waals surface area (Å²) in [4.78, 5) is 0. The molecule has 0 N–H and O–H groups in total. The van der Waals surface area contributed by atoms with Crippen LogP contribution >= 0.6 is 15.9 Å². The zero-order valence-electron chi connectivity index (χ0n) is 9.78. The highest BCUT2D eigenvalue weighted by atomic mass is 79.9. The van der Waals surface area contributed by atoms with Gasteiger partial charge in [0.05, 0.1) is 12.7 Å². The van der Waals surface area contributed by atoms with Gasteiger partial charge in [-0.25, -0.2) is 0 Å². The molecule has 0 radical (unpaired) electrons. The summed E-state index contributed by atoms with van der Waals surface area (Å²) in [5.41, 5.74) is 2.25. The minimum absolute atomic E-state index is 0.188. The predicted octanol–water partition coefficient (Wildman–Crippen LogP) is 3.65. The summed E-state index contributed by atoms with van der Waals surface area (Å²) in [6, 6.07) is 6.10. The Hall–Kier alpha value is -0.800. The van der Waals surface area contributed by atoms with Crippen molar-refractivity contribution in [2.24, 2.45) is 5.92 Å². The molecule has 1 saturated heterocycles. The van der Waals surface area contributed by atoms with E-state index in [-0.39, 0.29) is 18.1 Å². The lowest BCUT2D eigenvalue weighted by Crippen LogP contribution is -2.44. The van der Waals surface area contributed by atoms with E-state index in [1.54, 1.807) is 0 Å². The van der Waals surface area contributed by atoms with Crippen molar-refractivity contribution in [2.45, 2.75) is 25.6 Å². The van der Waals surface area contributed by atoms with Gasteiger partial charge in [-0.05, 0) is 30.7 Å². The van der Waals surface area contributed by atoms with E-state index in [1.165, 1.54) is 0 Å². The van der Waals surface area contributed by atoms with E-state index in [1.807, 2.05) is 12.1 Å². The van der Waals surface area contributed by atoms with Crippen molar-refractivity contribution >= 4 is 21.5 Å². The van der Waals surface area contributed by atoms with Crippen LogP contribution in [0, 0.1) is 5.92 Å². The van der Waals surface area contributed by atoms with Gasteiger partial charge in [0.15, 0.2) is 0 Å². The van der Waals surface area contributed by atoms with Gasteiger partial charge in [0, 0.05) is 22.4 Å². The molecule has 2 aliphatic heterocycles. The molecule has 1 fully saturated rings. The fourth-order valence-electron chi connectivity index (χ4n) is 2.79. The molecule has 3 heteroatoms. The summed E-state index contributed by atoms with van der Waals surface area (Å²) in [6.45, 7) is 7.14. The number of hydrogen-bond donors (Lipinski definition) is 0. The molecule has 3 atom stereocenters. The lowest BCUT2D eigenvalue weighted by atomic mass is 9.80. The molecule has 0 spiro atoms. The number of benzene rings is 1. The first kappa shape index (κ1) is 11.3. The summed E-state index contributed by atoms with van der Waals surface area (Å²) in [5.74, 6) is 1.24. The molecule has 2 nitrogen and oxygen atoms in total. The molecular formula is C14H15BrO2. The van der Waals surface area contributed by atoms with Gasteiger partial charge >= 0.3 is 0 Å². The number of rotatable bonds is 0. The maximum Gasteiger partial charge on any atom is 0.127 e. The van der Waals surface area contributed by atoms with Gasteiger partial charge in [-0.3, -0.25) is 0 Å². The second-order valence-corrected chi connectivity index (χ2v) is 5.63. The summed E-state index contributed by atoms with van der Waals surface area (Å²) in [6.07, 6.45) is 1.36. The first-order chi connectivity index (χ1) is 8.16. The van der Waals surface area contributed by atoms with E-state index in [0.717, 1.165) is 34.4 Å². The Kier molecular flexibility index (Phi) is 2.75. The Bertz CT molecular complexity index is 469. The second kappa shape index (κ2) is 4.14. The first-order valence-electron chi connectivity index (χ1n) is 5.94. The van der Waals surface area contributed by atoms with Crippen LogP contribution in [0.1, 0.15) is 18.9 Å². The van der Waals surface area contributed by atoms with E-state index in [4.69, 9.17) is 9.47 Å². The molecule has 0 amide bonds. The maximum atomic E-state index is 6.07. The molecule has 2 heterocycles. The van der Waals surface area contributed by atoms with Crippen molar-refractivity contribution in [1.82, 2.24) is 0 Å². The number of hydrogen-bond acceptors (Lipinski definition) is 2. The Labute approximate surface area is 110 Å². The SMILES string of the molecule is C=C1c2cc(Br)ccc2O[C@@H]2CCO[C@H](C)[C@@H]12. The summed E-state index contributed by atoms with van der Waals surface area (Å²) < 4.78 is 12.8. The second-order valence-electron chi connectivity index (χ2n) is 4.71. The number of halogens is 1. The molecule has 0 bridgehead atoms. The predicted molar refractivity (Wildman–Crippen MR) is 71.1 cm³/mol. The molecule has 0 saturated carbocycles. The molecule has 1 aromatic carbocycles. The van der Waals surface area contributed by atoms with Crippen LogP contribution in [0.15, 0.2) is 29.3 Å². The molecule has 3 rings (SSSR count). The topological polar surface area (TPSA) is 18.5 Å². The van der Waals surface area contributed by atoms with Crippen LogP contribution in [0.2, 0.25) is 0 Å². The molecule has 0 aromatic heterocycles. The summed E-state index contributed by atoms with van der Waals surface area (Å²) >= 11 is 3.49. The Morgan fingerprint density at radius 3 is 3.06 bits per heavy atom. The minimum atomic E-state index is 0.188. The van der Waals surface area contributed by atoms with Gasteiger partial charge in [-0.1, -0.05) is 22.5 Å². The highest BCUT2D eigenvalue weighted by Gasteiger charge is 2.39. The van der Waals surface area contributed by atoms with Gasteiger partial charge in [0.1, 0.15) is 11.9 Å². The number of fused-ring (bicyclic) bond motifs is 2.